The number of anilines is 1. The molecule has 1 aromatic rings. The molecule has 0 bridgehead atoms. The van der Waals surface area contributed by atoms with Gasteiger partial charge in [-0.05, 0) is 20.3 Å². The van der Waals surface area contributed by atoms with E-state index in [-0.39, 0.29) is 0 Å². The molecule has 1 aromatic heterocycles. The molecule has 68 valence electrons. The minimum absolute atomic E-state index is 0.502. The standard InChI is InChI=1S/C8H15N3S/c1-4-5-6(2)9-8-11-10-7(3)12-8/h6H,4-5H2,1-3H3,(H,9,11). The highest BCUT2D eigenvalue weighted by molar-refractivity contribution is 7.15. The van der Waals surface area contributed by atoms with E-state index in [1.807, 2.05) is 6.92 Å². The summed E-state index contributed by atoms with van der Waals surface area (Å²) < 4.78 is 0. The van der Waals surface area contributed by atoms with Gasteiger partial charge in [-0.1, -0.05) is 24.7 Å². The number of aryl methyl sites for hydroxylation is 1. The molecule has 0 saturated carbocycles. The number of nitrogens with one attached hydrogen (secondary N) is 1. The quantitative estimate of drug-likeness (QED) is 0.783. The highest BCUT2D eigenvalue weighted by atomic mass is 32.1. The Labute approximate surface area is 77.2 Å². The Morgan fingerprint density at radius 2 is 2.25 bits per heavy atom. The van der Waals surface area contributed by atoms with Crippen LogP contribution in [-0.4, -0.2) is 16.2 Å². The lowest BCUT2D eigenvalue weighted by atomic mass is 10.2. The van der Waals surface area contributed by atoms with E-state index < -0.39 is 0 Å². The lowest BCUT2D eigenvalue weighted by Crippen LogP contribution is -2.14. The summed E-state index contributed by atoms with van der Waals surface area (Å²) in [5, 5.41) is 13.2. The molecule has 4 heteroatoms. The Balaban J connectivity index is 2.41. The van der Waals surface area contributed by atoms with Crippen LogP contribution in [0.2, 0.25) is 0 Å². The van der Waals surface area contributed by atoms with Gasteiger partial charge < -0.3 is 5.32 Å². The van der Waals surface area contributed by atoms with Crippen LogP contribution in [0, 0.1) is 6.92 Å². The van der Waals surface area contributed by atoms with E-state index in [0.717, 1.165) is 10.1 Å². The van der Waals surface area contributed by atoms with Crippen molar-refractivity contribution in [3.05, 3.63) is 5.01 Å². The number of rotatable bonds is 4. The second kappa shape index (κ2) is 4.40. The van der Waals surface area contributed by atoms with E-state index in [2.05, 4.69) is 29.4 Å². The van der Waals surface area contributed by atoms with Gasteiger partial charge in [0.2, 0.25) is 5.13 Å². The SMILES string of the molecule is CCCC(C)Nc1nnc(C)s1. The topological polar surface area (TPSA) is 37.8 Å². The third kappa shape index (κ3) is 2.77. The molecule has 1 N–H and O–H groups in total. The van der Waals surface area contributed by atoms with Crippen molar-refractivity contribution in [2.75, 3.05) is 5.32 Å². The lowest BCUT2D eigenvalue weighted by molar-refractivity contribution is 0.688. The van der Waals surface area contributed by atoms with Crippen molar-refractivity contribution >= 4 is 16.5 Å². The molecular weight excluding hydrogens is 170 g/mol. The van der Waals surface area contributed by atoms with E-state index in [1.54, 1.807) is 11.3 Å². The summed E-state index contributed by atoms with van der Waals surface area (Å²) in [4.78, 5) is 0. The van der Waals surface area contributed by atoms with Crippen LogP contribution in [0.1, 0.15) is 31.7 Å². The zero-order chi connectivity index (χ0) is 8.97. The molecule has 0 aliphatic heterocycles. The largest absolute Gasteiger partial charge is 0.358 e. The van der Waals surface area contributed by atoms with E-state index in [9.17, 15) is 0 Å². The number of nitrogens with zero attached hydrogens (tertiary/aromatic N) is 2. The van der Waals surface area contributed by atoms with E-state index in [4.69, 9.17) is 0 Å². The summed E-state index contributed by atoms with van der Waals surface area (Å²) in [6.07, 6.45) is 2.38. The molecule has 1 heterocycles. The Morgan fingerprint density at radius 3 is 2.75 bits per heavy atom. The lowest BCUT2D eigenvalue weighted by Gasteiger charge is -2.09. The first kappa shape index (κ1) is 9.45. The molecule has 0 fully saturated rings. The maximum Gasteiger partial charge on any atom is 0.205 e. The molecule has 0 saturated heterocycles. The van der Waals surface area contributed by atoms with Gasteiger partial charge in [-0.2, -0.15) is 0 Å². The fourth-order valence-corrected chi connectivity index (χ4v) is 1.77. The molecule has 1 unspecified atom stereocenters. The maximum absolute atomic E-state index is 4.00. The first-order chi connectivity index (χ1) is 5.72. The number of hydrogen-bond donors (Lipinski definition) is 1. The molecule has 0 radical (unpaired) electrons. The van der Waals surface area contributed by atoms with Crippen LogP contribution < -0.4 is 5.32 Å². The summed E-state index contributed by atoms with van der Waals surface area (Å²) in [6.45, 7) is 6.32. The van der Waals surface area contributed by atoms with Crippen molar-refractivity contribution in [3.63, 3.8) is 0 Å². The second-order valence-corrected chi connectivity index (χ2v) is 4.14. The van der Waals surface area contributed by atoms with Crippen molar-refractivity contribution in [3.8, 4) is 0 Å². The molecule has 3 nitrogen and oxygen atoms in total. The van der Waals surface area contributed by atoms with Crippen LogP contribution in [0.3, 0.4) is 0 Å². The zero-order valence-electron chi connectivity index (χ0n) is 7.79. The molecule has 0 aliphatic carbocycles. The molecule has 1 atom stereocenters. The summed E-state index contributed by atoms with van der Waals surface area (Å²) in [6, 6.07) is 0.502. The van der Waals surface area contributed by atoms with Crippen molar-refractivity contribution in [1.29, 1.82) is 0 Å². The molecule has 0 amide bonds. The van der Waals surface area contributed by atoms with Crippen LogP contribution in [0.5, 0.6) is 0 Å². The van der Waals surface area contributed by atoms with Crippen LogP contribution in [0.15, 0.2) is 0 Å². The number of hydrogen-bond acceptors (Lipinski definition) is 4. The normalized spacial score (nSPS) is 12.9. The third-order valence-corrected chi connectivity index (χ3v) is 2.39. The van der Waals surface area contributed by atoms with E-state index >= 15 is 0 Å². The zero-order valence-corrected chi connectivity index (χ0v) is 8.61. The average Bonchev–Trinajstić information content (AvgIpc) is 2.36. The van der Waals surface area contributed by atoms with Gasteiger partial charge in [-0.3, -0.25) is 0 Å². The molecular formula is C8H15N3S. The Hall–Kier alpha value is -0.640. The second-order valence-electron chi connectivity index (χ2n) is 2.96. The highest BCUT2D eigenvalue weighted by Gasteiger charge is 2.03. The Morgan fingerprint density at radius 1 is 1.50 bits per heavy atom. The van der Waals surface area contributed by atoms with Gasteiger partial charge in [-0.25, -0.2) is 0 Å². The van der Waals surface area contributed by atoms with Crippen molar-refractivity contribution in [2.24, 2.45) is 0 Å². The van der Waals surface area contributed by atoms with Gasteiger partial charge in [0.25, 0.3) is 0 Å². The van der Waals surface area contributed by atoms with Gasteiger partial charge in [-0.15, -0.1) is 10.2 Å². The number of aromatic nitrogens is 2. The molecule has 12 heavy (non-hydrogen) atoms. The minimum atomic E-state index is 0.502. The molecule has 1 rings (SSSR count). The summed E-state index contributed by atoms with van der Waals surface area (Å²) in [5.41, 5.74) is 0. The predicted molar refractivity (Wildman–Crippen MR) is 52.6 cm³/mol. The van der Waals surface area contributed by atoms with Crippen molar-refractivity contribution in [1.82, 2.24) is 10.2 Å². The maximum atomic E-state index is 4.00. The smallest absolute Gasteiger partial charge is 0.205 e. The van der Waals surface area contributed by atoms with Crippen LogP contribution in [0.25, 0.3) is 0 Å². The first-order valence-corrected chi connectivity index (χ1v) is 5.10. The average molecular weight is 185 g/mol. The van der Waals surface area contributed by atoms with Crippen LogP contribution in [0.4, 0.5) is 5.13 Å². The predicted octanol–water partition coefficient (Wildman–Crippen LogP) is 2.45. The van der Waals surface area contributed by atoms with Crippen LogP contribution >= 0.6 is 11.3 Å². The molecule has 0 aliphatic rings. The monoisotopic (exact) mass is 185 g/mol. The van der Waals surface area contributed by atoms with Gasteiger partial charge in [0.15, 0.2) is 0 Å². The molecule has 0 aromatic carbocycles. The fourth-order valence-electron chi connectivity index (χ4n) is 1.07. The van der Waals surface area contributed by atoms with Gasteiger partial charge >= 0.3 is 0 Å². The molecule has 0 spiro atoms. The van der Waals surface area contributed by atoms with Crippen LogP contribution in [-0.2, 0) is 0 Å². The highest BCUT2D eigenvalue weighted by Crippen LogP contribution is 2.15. The van der Waals surface area contributed by atoms with Gasteiger partial charge in [0.05, 0.1) is 0 Å². The fraction of sp³-hybridized carbons (Fsp3) is 0.750. The Kier molecular flexibility index (Phi) is 3.47. The minimum Gasteiger partial charge on any atom is -0.358 e. The van der Waals surface area contributed by atoms with E-state index in [0.29, 0.717) is 6.04 Å². The Bertz CT molecular complexity index is 234. The van der Waals surface area contributed by atoms with Gasteiger partial charge in [0, 0.05) is 6.04 Å². The first-order valence-electron chi connectivity index (χ1n) is 4.29. The van der Waals surface area contributed by atoms with Crippen molar-refractivity contribution < 1.29 is 0 Å². The summed E-state index contributed by atoms with van der Waals surface area (Å²) >= 11 is 1.61. The third-order valence-electron chi connectivity index (χ3n) is 1.62. The summed E-state index contributed by atoms with van der Waals surface area (Å²) in [5.74, 6) is 0. The van der Waals surface area contributed by atoms with Gasteiger partial charge in [0.1, 0.15) is 5.01 Å². The van der Waals surface area contributed by atoms with Crippen molar-refractivity contribution in [2.45, 2.75) is 39.7 Å². The van der Waals surface area contributed by atoms with E-state index in [1.165, 1.54) is 12.8 Å². The summed E-state index contributed by atoms with van der Waals surface area (Å²) in [7, 11) is 0.